The standard InChI is InChI=1S/C6H12.2C4H9NO.C3H6O/c1-5(2)6(3)4;2*1-4(6)5(2)3;1-3(2)4/h1-4H3;2*1-3H3;1-2H3. The van der Waals surface area contributed by atoms with Gasteiger partial charge < -0.3 is 14.6 Å². The van der Waals surface area contributed by atoms with Gasteiger partial charge in [-0.15, -0.1) is 0 Å². The van der Waals surface area contributed by atoms with Crippen LogP contribution < -0.4 is 0 Å². The number of amides is 2. The largest absolute Gasteiger partial charge is 0.349 e. The topological polar surface area (TPSA) is 57.7 Å². The minimum atomic E-state index is 0.0926. The lowest BCUT2D eigenvalue weighted by molar-refractivity contribution is -0.127. The second-order valence-electron chi connectivity index (χ2n) is 5.74. The van der Waals surface area contributed by atoms with E-state index >= 15 is 0 Å². The molecule has 2 amide bonds. The molecule has 0 atom stereocenters. The number of carbonyl (C=O) groups is 3. The van der Waals surface area contributed by atoms with Gasteiger partial charge in [0.25, 0.3) is 0 Å². The molecule has 0 bridgehead atoms. The molecule has 0 saturated carbocycles. The summed E-state index contributed by atoms with van der Waals surface area (Å²) in [6.07, 6.45) is 0. The van der Waals surface area contributed by atoms with Crippen LogP contribution in [0.25, 0.3) is 0 Å². The number of nitrogens with zero attached hydrogens (tertiary/aromatic N) is 2. The van der Waals surface area contributed by atoms with Gasteiger partial charge in [0.1, 0.15) is 5.78 Å². The van der Waals surface area contributed by atoms with Gasteiger partial charge in [-0.05, 0) is 41.5 Å². The van der Waals surface area contributed by atoms with Gasteiger partial charge in [-0.1, -0.05) is 11.1 Å². The summed E-state index contributed by atoms with van der Waals surface area (Å²) >= 11 is 0. The molecule has 132 valence electrons. The Kier molecular flexibility index (Phi) is 22.5. The molecule has 0 heterocycles. The fourth-order valence-corrected chi connectivity index (χ4v) is 0. The van der Waals surface area contributed by atoms with Crippen molar-refractivity contribution in [1.29, 1.82) is 0 Å². The Balaban J connectivity index is -0.0000000994. The summed E-state index contributed by atoms with van der Waals surface area (Å²) in [7, 11) is 6.90. The Bertz CT molecular complexity index is 317. The Morgan fingerprint density at radius 1 is 0.500 bits per heavy atom. The van der Waals surface area contributed by atoms with Crippen molar-refractivity contribution in [2.75, 3.05) is 28.2 Å². The molecule has 0 aromatic carbocycles. The van der Waals surface area contributed by atoms with Crippen molar-refractivity contribution in [2.24, 2.45) is 0 Å². The predicted molar refractivity (Wildman–Crippen MR) is 94.8 cm³/mol. The maximum absolute atomic E-state index is 10.1. The number of hydrogen-bond acceptors (Lipinski definition) is 3. The summed E-state index contributed by atoms with van der Waals surface area (Å²) in [5, 5.41) is 0. The van der Waals surface area contributed by atoms with Crippen LogP contribution in [-0.4, -0.2) is 55.6 Å². The Morgan fingerprint density at radius 2 is 0.591 bits per heavy atom. The fraction of sp³-hybridized carbons (Fsp3) is 0.706. The minimum Gasteiger partial charge on any atom is -0.349 e. The van der Waals surface area contributed by atoms with Crippen LogP contribution >= 0.6 is 0 Å². The van der Waals surface area contributed by atoms with Crippen molar-refractivity contribution in [2.45, 2.75) is 55.4 Å². The van der Waals surface area contributed by atoms with Crippen LogP contribution in [0.15, 0.2) is 11.1 Å². The lowest BCUT2D eigenvalue weighted by Gasteiger charge is -2.02. The van der Waals surface area contributed by atoms with E-state index in [9.17, 15) is 14.4 Å². The molecule has 0 radical (unpaired) electrons. The normalized spacial score (nSPS) is 7.64. The summed E-state index contributed by atoms with van der Waals surface area (Å²) in [6, 6.07) is 0. The van der Waals surface area contributed by atoms with Crippen molar-refractivity contribution in [3.05, 3.63) is 11.1 Å². The highest BCUT2D eigenvalue weighted by Gasteiger charge is 1.88. The van der Waals surface area contributed by atoms with E-state index in [1.807, 2.05) is 0 Å². The van der Waals surface area contributed by atoms with Crippen LogP contribution in [0.5, 0.6) is 0 Å². The highest BCUT2D eigenvalue weighted by Crippen LogP contribution is 1.97. The van der Waals surface area contributed by atoms with Gasteiger partial charge in [-0.2, -0.15) is 0 Å². The van der Waals surface area contributed by atoms with Crippen LogP contribution in [0, 0.1) is 0 Å². The SMILES string of the molecule is CC(=O)N(C)C.CC(=O)N(C)C.CC(C)=C(C)C.CC(C)=O. The third-order valence-corrected chi connectivity index (χ3v) is 2.26. The first-order valence-electron chi connectivity index (χ1n) is 7.10. The molecule has 0 aliphatic carbocycles. The van der Waals surface area contributed by atoms with Gasteiger partial charge in [0, 0.05) is 42.0 Å². The molecule has 0 spiro atoms. The van der Waals surface area contributed by atoms with Crippen LogP contribution in [0.4, 0.5) is 0 Å². The summed E-state index contributed by atoms with van der Waals surface area (Å²) in [5.41, 5.74) is 2.85. The van der Waals surface area contributed by atoms with E-state index in [4.69, 9.17) is 0 Å². The zero-order chi connectivity index (χ0) is 19.0. The van der Waals surface area contributed by atoms with Crippen LogP contribution in [-0.2, 0) is 14.4 Å². The first-order valence-corrected chi connectivity index (χ1v) is 7.10. The van der Waals surface area contributed by atoms with E-state index in [1.54, 1.807) is 28.2 Å². The monoisotopic (exact) mass is 316 g/mol. The third-order valence-electron chi connectivity index (χ3n) is 2.26. The average molecular weight is 316 g/mol. The third kappa shape index (κ3) is 51.6. The molecule has 0 N–H and O–H groups in total. The first-order chi connectivity index (χ1) is 9.66. The number of carbonyl (C=O) groups excluding carboxylic acids is 3. The molecule has 0 aliphatic heterocycles. The maximum Gasteiger partial charge on any atom is 0.218 e. The predicted octanol–water partition coefficient (Wildman–Crippen LogP) is 3.15. The Labute approximate surface area is 137 Å². The molecule has 0 aromatic rings. The second kappa shape index (κ2) is 17.4. The highest BCUT2D eigenvalue weighted by molar-refractivity contribution is 5.72. The van der Waals surface area contributed by atoms with E-state index in [0.717, 1.165) is 0 Å². The molecule has 5 nitrogen and oxygen atoms in total. The van der Waals surface area contributed by atoms with E-state index in [0.29, 0.717) is 0 Å². The van der Waals surface area contributed by atoms with E-state index in [-0.39, 0.29) is 17.6 Å². The molecule has 0 saturated heterocycles. The first kappa shape index (κ1) is 28.5. The summed E-state index contributed by atoms with van der Waals surface area (Å²) < 4.78 is 0. The lowest BCUT2D eigenvalue weighted by Crippen LogP contribution is -2.17. The summed E-state index contributed by atoms with van der Waals surface area (Å²) in [6.45, 7) is 14.6. The molecule has 0 unspecified atom stereocenters. The number of Topliss-reactive ketones (excluding diaryl/α,β-unsaturated/α-hetero) is 1. The van der Waals surface area contributed by atoms with Gasteiger partial charge in [-0.25, -0.2) is 0 Å². The summed E-state index contributed by atoms with van der Waals surface area (Å²) in [5.74, 6) is 0.352. The number of hydrogen-bond donors (Lipinski definition) is 0. The molecular formula is C17H36N2O3. The molecular weight excluding hydrogens is 280 g/mol. The van der Waals surface area contributed by atoms with Crippen molar-refractivity contribution in [1.82, 2.24) is 9.80 Å². The zero-order valence-electron chi connectivity index (χ0n) is 16.6. The van der Waals surface area contributed by atoms with Crippen molar-refractivity contribution < 1.29 is 14.4 Å². The van der Waals surface area contributed by atoms with Gasteiger partial charge in [-0.3, -0.25) is 9.59 Å². The van der Waals surface area contributed by atoms with Crippen molar-refractivity contribution in [3.63, 3.8) is 0 Å². The van der Waals surface area contributed by atoms with Gasteiger partial charge in [0.15, 0.2) is 0 Å². The minimum absolute atomic E-state index is 0.0926. The number of ketones is 1. The lowest BCUT2D eigenvalue weighted by atomic mass is 10.2. The molecule has 5 heteroatoms. The van der Waals surface area contributed by atoms with Crippen LogP contribution in [0.3, 0.4) is 0 Å². The molecule has 0 aliphatic rings. The number of allylic oxidation sites excluding steroid dienone is 2. The van der Waals surface area contributed by atoms with Gasteiger partial charge in [0.05, 0.1) is 0 Å². The maximum atomic E-state index is 10.1. The summed E-state index contributed by atoms with van der Waals surface area (Å²) in [4.78, 5) is 32.6. The highest BCUT2D eigenvalue weighted by atomic mass is 16.2. The second-order valence-corrected chi connectivity index (χ2v) is 5.74. The van der Waals surface area contributed by atoms with E-state index in [1.165, 1.54) is 48.6 Å². The van der Waals surface area contributed by atoms with E-state index < -0.39 is 0 Å². The molecule has 0 rings (SSSR count). The number of rotatable bonds is 0. The van der Waals surface area contributed by atoms with Crippen molar-refractivity contribution in [3.8, 4) is 0 Å². The van der Waals surface area contributed by atoms with Gasteiger partial charge >= 0.3 is 0 Å². The molecule has 0 fully saturated rings. The molecule has 0 aromatic heterocycles. The van der Waals surface area contributed by atoms with Gasteiger partial charge in [0.2, 0.25) is 11.8 Å². The van der Waals surface area contributed by atoms with E-state index in [2.05, 4.69) is 27.7 Å². The smallest absolute Gasteiger partial charge is 0.218 e. The quantitative estimate of drug-likeness (QED) is 0.645. The van der Waals surface area contributed by atoms with Crippen molar-refractivity contribution >= 4 is 17.6 Å². The Hall–Kier alpha value is -1.65. The Morgan fingerprint density at radius 3 is 0.591 bits per heavy atom. The fourth-order valence-electron chi connectivity index (χ4n) is 0. The van der Waals surface area contributed by atoms with Crippen LogP contribution in [0.2, 0.25) is 0 Å². The zero-order valence-corrected chi connectivity index (χ0v) is 16.6. The average Bonchev–Trinajstić information content (AvgIpc) is 2.29. The molecule has 22 heavy (non-hydrogen) atoms. The van der Waals surface area contributed by atoms with Crippen LogP contribution in [0.1, 0.15) is 55.4 Å².